The molecule has 1 aromatic carbocycles. The fourth-order valence-electron chi connectivity index (χ4n) is 2.42. The van der Waals surface area contributed by atoms with Gasteiger partial charge in [0.25, 0.3) is 0 Å². The van der Waals surface area contributed by atoms with Gasteiger partial charge in [0, 0.05) is 12.3 Å². The number of ketones is 1. The minimum atomic E-state index is -3.10. The van der Waals surface area contributed by atoms with Crippen LogP contribution >= 0.6 is 0 Å². The van der Waals surface area contributed by atoms with Gasteiger partial charge in [-0.3, -0.25) is 4.79 Å². The van der Waals surface area contributed by atoms with Gasteiger partial charge in [0.2, 0.25) is 0 Å². The molecule has 1 saturated carbocycles. The minimum absolute atomic E-state index is 0.0180. The Morgan fingerprint density at radius 3 is 2.50 bits per heavy atom. The third-order valence-electron chi connectivity index (χ3n) is 3.44. The highest BCUT2D eigenvalue weighted by atomic mass is 32.2. The van der Waals surface area contributed by atoms with Gasteiger partial charge in [0.15, 0.2) is 9.84 Å². The predicted molar refractivity (Wildman–Crippen MR) is 70.9 cm³/mol. The average molecular weight is 266 g/mol. The molecule has 1 aromatic rings. The second-order valence-electron chi connectivity index (χ2n) is 4.92. The zero-order chi connectivity index (χ0) is 13.0. The summed E-state index contributed by atoms with van der Waals surface area (Å²) in [5, 5.41) is 0. The normalized spacial score (nSPS) is 20.2. The smallest absolute Gasteiger partial charge is 0.154 e. The quantitative estimate of drug-likeness (QED) is 0.822. The molecule has 4 heteroatoms. The minimum Gasteiger partial charge on any atom is -0.299 e. The first-order valence-electron chi connectivity index (χ1n) is 6.34. The first-order valence-corrected chi connectivity index (χ1v) is 8.16. The molecule has 0 heterocycles. The summed E-state index contributed by atoms with van der Waals surface area (Å²) in [6.07, 6.45) is 2.90. The molecule has 0 N–H and O–H groups in total. The average Bonchev–Trinajstić information content (AvgIpc) is 2.73. The van der Waals surface area contributed by atoms with Gasteiger partial charge in [0.1, 0.15) is 5.78 Å². The second kappa shape index (κ2) is 5.65. The molecule has 2 rings (SSSR count). The number of Topliss-reactive ketones (excluding diaryl/α,β-unsaturated/α-hetero) is 1. The molecule has 1 atom stereocenters. The van der Waals surface area contributed by atoms with Crippen molar-refractivity contribution in [3.8, 4) is 0 Å². The molecule has 18 heavy (non-hydrogen) atoms. The maximum absolute atomic E-state index is 12.0. The van der Waals surface area contributed by atoms with E-state index in [2.05, 4.69) is 0 Å². The number of carbonyl (C=O) groups is 1. The number of carbonyl (C=O) groups excluding carboxylic acids is 1. The van der Waals surface area contributed by atoms with Crippen molar-refractivity contribution in [3.63, 3.8) is 0 Å². The van der Waals surface area contributed by atoms with E-state index >= 15 is 0 Å². The van der Waals surface area contributed by atoms with Crippen molar-refractivity contribution in [2.45, 2.75) is 31.4 Å². The molecule has 0 spiro atoms. The van der Waals surface area contributed by atoms with Crippen molar-refractivity contribution in [2.24, 2.45) is 5.92 Å². The maximum atomic E-state index is 12.0. The Kier molecular flexibility index (Phi) is 4.17. The Morgan fingerprint density at radius 2 is 1.89 bits per heavy atom. The second-order valence-corrected chi connectivity index (χ2v) is 7.11. The Morgan fingerprint density at radius 1 is 1.17 bits per heavy atom. The van der Waals surface area contributed by atoms with Crippen LogP contribution < -0.4 is 0 Å². The first kappa shape index (κ1) is 13.3. The summed E-state index contributed by atoms with van der Waals surface area (Å²) in [7, 11) is -3.10. The van der Waals surface area contributed by atoms with E-state index in [1.807, 2.05) is 30.3 Å². The first-order chi connectivity index (χ1) is 8.57. The number of hydrogen-bond acceptors (Lipinski definition) is 3. The van der Waals surface area contributed by atoms with Crippen LogP contribution in [-0.4, -0.2) is 20.0 Å². The highest BCUT2D eigenvalue weighted by Crippen LogP contribution is 2.25. The molecular weight excluding hydrogens is 248 g/mol. The molecule has 1 aliphatic rings. The third-order valence-corrected chi connectivity index (χ3v) is 5.07. The number of rotatable bonds is 5. The van der Waals surface area contributed by atoms with Crippen LogP contribution in [0.3, 0.4) is 0 Å². The van der Waals surface area contributed by atoms with E-state index in [0.29, 0.717) is 12.8 Å². The summed E-state index contributed by atoms with van der Waals surface area (Å²) in [6, 6.07) is 9.18. The fourth-order valence-corrected chi connectivity index (χ4v) is 3.90. The molecule has 98 valence electrons. The Labute approximate surface area is 108 Å². The van der Waals surface area contributed by atoms with Crippen LogP contribution in [0, 0.1) is 5.92 Å². The molecule has 0 bridgehead atoms. The van der Waals surface area contributed by atoms with E-state index in [4.69, 9.17) is 0 Å². The Balaban J connectivity index is 1.90. The molecule has 1 fully saturated rings. The summed E-state index contributed by atoms with van der Waals surface area (Å²) in [5.74, 6) is 0.424. The van der Waals surface area contributed by atoms with Crippen molar-refractivity contribution >= 4 is 15.6 Å². The van der Waals surface area contributed by atoms with Crippen LogP contribution in [0.1, 0.15) is 31.2 Å². The summed E-state index contributed by atoms with van der Waals surface area (Å²) in [4.78, 5) is 11.5. The lowest BCUT2D eigenvalue weighted by atomic mass is 10.1. The van der Waals surface area contributed by atoms with Crippen LogP contribution in [0.25, 0.3) is 0 Å². The van der Waals surface area contributed by atoms with Gasteiger partial charge in [-0.25, -0.2) is 8.42 Å². The lowest BCUT2D eigenvalue weighted by molar-refractivity contribution is -0.120. The predicted octanol–water partition coefficient (Wildman–Crippen LogP) is 2.36. The highest BCUT2D eigenvalue weighted by molar-refractivity contribution is 7.90. The molecule has 1 aliphatic carbocycles. The van der Waals surface area contributed by atoms with Crippen molar-refractivity contribution in [1.29, 1.82) is 0 Å². The van der Waals surface area contributed by atoms with Gasteiger partial charge in [-0.1, -0.05) is 30.3 Å². The van der Waals surface area contributed by atoms with Gasteiger partial charge in [-0.15, -0.1) is 0 Å². The third kappa shape index (κ3) is 3.67. The maximum Gasteiger partial charge on any atom is 0.154 e. The summed E-state index contributed by atoms with van der Waals surface area (Å²) < 4.78 is 23.9. The molecule has 0 radical (unpaired) electrons. The van der Waals surface area contributed by atoms with Gasteiger partial charge >= 0.3 is 0 Å². The molecule has 0 aliphatic heterocycles. The Hall–Kier alpha value is -1.16. The summed E-state index contributed by atoms with van der Waals surface area (Å²) in [6.45, 7) is 0. The van der Waals surface area contributed by atoms with Crippen molar-refractivity contribution in [1.82, 2.24) is 0 Å². The van der Waals surface area contributed by atoms with E-state index < -0.39 is 9.84 Å². The monoisotopic (exact) mass is 266 g/mol. The number of benzene rings is 1. The van der Waals surface area contributed by atoms with Crippen molar-refractivity contribution in [3.05, 3.63) is 35.9 Å². The Bertz CT molecular complexity index is 505. The lowest BCUT2D eigenvalue weighted by Crippen LogP contribution is -2.15. The van der Waals surface area contributed by atoms with E-state index in [0.717, 1.165) is 18.4 Å². The summed E-state index contributed by atoms with van der Waals surface area (Å²) >= 11 is 0. The van der Waals surface area contributed by atoms with Gasteiger partial charge in [0.05, 0.1) is 11.5 Å². The zero-order valence-corrected chi connectivity index (χ0v) is 11.2. The fraction of sp³-hybridized carbons (Fsp3) is 0.500. The van der Waals surface area contributed by atoms with Gasteiger partial charge in [-0.05, 0) is 24.8 Å². The van der Waals surface area contributed by atoms with Crippen LogP contribution in [0.2, 0.25) is 0 Å². The lowest BCUT2D eigenvalue weighted by Gasteiger charge is -2.08. The van der Waals surface area contributed by atoms with E-state index in [1.54, 1.807) is 0 Å². The molecule has 0 amide bonds. The van der Waals surface area contributed by atoms with E-state index in [-0.39, 0.29) is 23.2 Å². The summed E-state index contributed by atoms with van der Waals surface area (Å²) in [5.41, 5.74) is 0.815. The van der Waals surface area contributed by atoms with E-state index in [9.17, 15) is 13.2 Å². The zero-order valence-electron chi connectivity index (χ0n) is 10.3. The van der Waals surface area contributed by atoms with Crippen LogP contribution in [0.4, 0.5) is 0 Å². The molecule has 0 aromatic heterocycles. The largest absolute Gasteiger partial charge is 0.299 e. The number of hydrogen-bond donors (Lipinski definition) is 0. The van der Waals surface area contributed by atoms with Crippen LogP contribution in [0.15, 0.2) is 30.3 Å². The van der Waals surface area contributed by atoms with Gasteiger partial charge in [-0.2, -0.15) is 0 Å². The molecule has 3 nitrogen and oxygen atoms in total. The molecular formula is C14H18O3S. The van der Waals surface area contributed by atoms with Gasteiger partial charge < -0.3 is 0 Å². The molecule has 0 saturated heterocycles. The molecule has 1 unspecified atom stereocenters. The number of sulfone groups is 1. The SMILES string of the molecule is O=C1CCCC1CCS(=O)(=O)Cc1ccccc1. The van der Waals surface area contributed by atoms with E-state index in [1.165, 1.54) is 0 Å². The van der Waals surface area contributed by atoms with Crippen LogP contribution in [0.5, 0.6) is 0 Å². The van der Waals surface area contributed by atoms with Crippen molar-refractivity contribution < 1.29 is 13.2 Å². The topological polar surface area (TPSA) is 51.2 Å². The standard InChI is InChI=1S/C14H18O3S/c15-14-8-4-7-13(14)9-10-18(16,17)11-12-5-2-1-3-6-12/h1-3,5-6,13H,4,7-11H2. The van der Waals surface area contributed by atoms with Crippen molar-refractivity contribution in [2.75, 3.05) is 5.75 Å². The van der Waals surface area contributed by atoms with Crippen LogP contribution in [-0.2, 0) is 20.4 Å². The highest BCUT2D eigenvalue weighted by Gasteiger charge is 2.26.